The van der Waals surface area contributed by atoms with Crippen molar-refractivity contribution < 1.29 is 79.3 Å². The monoisotopic (exact) mass is 2030 g/mol. The minimum atomic E-state index is -3.20. The van der Waals surface area contributed by atoms with E-state index >= 15 is 0 Å². The van der Waals surface area contributed by atoms with Crippen LogP contribution >= 0.6 is 45.3 Å². The normalized spacial score (nSPS) is 22.9. The largest absolute Gasteiger partial charge is 0.393 e. The van der Waals surface area contributed by atoms with Crippen LogP contribution in [0.4, 0.5) is 40.8 Å². The number of carbonyl (C=O) groups excluding carboxylic acids is 8. The lowest BCUT2D eigenvalue weighted by Crippen LogP contribution is -2.56. The summed E-state index contributed by atoms with van der Waals surface area (Å²) in [4.78, 5) is 152. The number of sulfone groups is 1. The van der Waals surface area contributed by atoms with E-state index in [1.165, 1.54) is 46.7 Å². The molecule has 140 heavy (non-hydrogen) atoms. The van der Waals surface area contributed by atoms with Gasteiger partial charge in [0, 0.05) is 165 Å². The molecule has 10 fully saturated rings. The van der Waals surface area contributed by atoms with Gasteiger partial charge < -0.3 is 76.7 Å². The molecule has 33 nitrogen and oxygen atoms in total. The number of hydrogen-bond acceptors (Lipinski definition) is 29. The molecule has 15 heterocycles. The van der Waals surface area contributed by atoms with Crippen molar-refractivity contribution in [2.45, 2.75) is 314 Å². The first-order valence-corrected chi connectivity index (χ1v) is 53.9. The van der Waals surface area contributed by atoms with Gasteiger partial charge in [0.05, 0.1) is 56.1 Å². The Morgan fingerprint density at radius 1 is 0.486 bits per heavy atom. The van der Waals surface area contributed by atoms with E-state index in [9.17, 15) is 74.5 Å². The Labute approximate surface area is 829 Å². The molecule has 18 rings (SSSR count). The molecule has 0 unspecified atom stereocenters. The van der Waals surface area contributed by atoms with Crippen LogP contribution in [0.2, 0.25) is 0 Å². The van der Waals surface area contributed by atoms with Gasteiger partial charge in [0.1, 0.15) is 46.0 Å². The third kappa shape index (κ3) is 24.2. The third-order valence-corrected chi connectivity index (χ3v) is 33.6. The third-order valence-electron chi connectivity index (χ3n) is 27.7. The number of aliphatic hydroxyl groups is 2. The molecule has 9 N–H and O–H groups in total. The standard InChI is InChI=1S/C27H35N5O3S.2C24H31F2N5O3S.C23H31N5O4S2/c1-14-12-22(29-15(2)16-6-7-16)28-13-19(14)24-23(27(35)32-17-8-9-18(32)11-10-17)31-26(36-24)25(34)30-20-4-3-5-21(20)33;1-13(2)28-18-9-14(3)17(11-27-18)20-19(23(33)31-12-24(25,26)10-15(31)4)30-22(35-20)21(32)29-16-5-7-34-8-6-16;1-5-13(3)28-18-6-12(2)17(10-27-18)20-19(23(34)31-11-24(25,26)9-14(31)4)30-22(35-20)21(33)29-15-7-16(32)8-15;1-13(2)25-18-9-14(3)17(10-24-18)20-19(22(29)28-8-6-7-15(28)4)26-21(33-20)23(30)27-11-16(12-27)34(5,31)32/h12-13,15-18,20-21,33H,3-11H2,1-2H3,(H,28,29)(H,30,34);9,11,13,15-16H,5-8,10,12H2,1-4H3,(H,27,28)(H,29,32);6,10,13-16,32H,5,7-9,11H2,1-4H3,(H,27,28)(H,29,33);9-10,13,15-16H,6-8,11-12H2,1-5H3,(H,24,25)/t15-,17?,18?,20+,21+;15-;13-,14+,15?,16?;15-/m1010/s1. The van der Waals surface area contributed by atoms with Crippen molar-refractivity contribution in [2.75, 3.05) is 73.5 Å². The van der Waals surface area contributed by atoms with E-state index in [1.54, 1.807) is 32.4 Å². The second kappa shape index (κ2) is 43.4. The Kier molecular flexibility index (Phi) is 32.3. The number of aliphatic hydroxyl groups excluding tert-OH is 2. The minimum Gasteiger partial charge on any atom is -0.393 e. The molecule has 0 spiro atoms. The number of hydrogen-bond donors (Lipinski definition) is 9. The van der Waals surface area contributed by atoms with Crippen LogP contribution in [0.5, 0.6) is 0 Å². The van der Waals surface area contributed by atoms with Crippen molar-refractivity contribution in [1.82, 2.24) is 80.3 Å². The van der Waals surface area contributed by atoms with Crippen LogP contribution < -0.4 is 37.2 Å². The average molecular weight is 2030 g/mol. The maximum atomic E-state index is 14.0. The van der Waals surface area contributed by atoms with Gasteiger partial charge in [0.2, 0.25) is 0 Å². The Balaban J connectivity index is 0.000000141. The highest BCUT2D eigenvalue weighted by atomic mass is 32.2. The Morgan fingerprint density at radius 3 is 1.26 bits per heavy atom. The molecule has 3 saturated carbocycles. The molecule has 0 radical (unpaired) electrons. The SMILES string of the molecule is CC[C@@H](C)Nc1cc(C)c(-c2sc(C(=O)NC3CC(O)C3)nc2C(=O)N2CC(F)(F)C[C@@H]2C)cn1.Cc1cc(NC(C)C)ncc1-c1sc(C(=O)N2CC(S(C)(=O)=O)C2)nc1C(=O)N1CCC[C@@H]1C.Cc1cc(NC(C)C)ncc1-c1sc(C(=O)NC2CCOCC2)nc1C(=O)N1CC(F)(F)C[C@@H]1C.Cc1cc(N[C@H](C)C2CC2)ncc1-c1sc(C(=O)N[C@H]2CCC[C@@H]2O)nc1C(=O)N1C2CCC1CC2. The first-order chi connectivity index (χ1) is 66.3. The molecular weight excluding hydrogens is 1900 g/mol. The number of anilines is 4. The number of fused-ring (bicyclic) bond motifs is 2. The lowest BCUT2D eigenvalue weighted by Gasteiger charge is -2.37. The minimum absolute atomic E-state index is 0.00569. The molecule has 7 aliphatic heterocycles. The van der Waals surface area contributed by atoms with Crippen LogP contribution in [-0.2, 0) is 14.6 Å². The number of aryl methyl sites for hydroxylation is 4. The average Bonchev–Trinajstić information content (AvgIpc) is 1.61. The summed E-state index contributed by atoms with van der Waals surface area (Å²) in [5, 5.41) is 41.8. The number of carbonyl (C=O) groups is 8. The van der Waals surface area contributed by atoms with E-state index in [1.807, 2.05) is 109 Å². The lowest BCUT2D eigenvalue weighted by molar-refractivity contribution is 0.0115. The second-order valence-electron chi connectivity index (χ2n) is 39.9. The lowest BCUT2D eigenvalue weighted by atomic mass is 9.89. The fourth-order valence-electron chi connectivity index (χ4n) is 19.3. The summed E-state index contributed by atoms with van der Waals surface area (Å²) in [6.07, 6.45) is 20.4. The zero-order chi connectivity index (χ0) is 101. The van der Waals surface area contributed by atoms with E-state index in [2.05, 4.69) is 90.9 Å². The van der Waals surface area contributed by atoms with Crippen LogP contribution in [0.3, 0.4) is 0 Å². The van der Waals surface area contributed by atoms with Gasteiger partial charge in [-0.2, -0.15) is 0 Å². The zero-order valence-corrected chi connectivity index (χ0v) is 85.9. The van der Waals surface area contributed by atoms with Gasteiger partial charge in [0.15, 0.2) is 29.9 Å². The number of likely N-dealkylation sites (tertiary alicyclic amines) is 4. The molecule has 7 saturated heterocycles. The molecule has 0 aromatic carbocycles. The highest BCUT2D eigenvalue weighted by Crippen LogP contribution is 2.46. The molecule has 7 atom stereocenters. The number of aromatic nitrogens is 8. The van der Waals surface area contributed by atoms with Gasteiger partial charge in [0.25, 0.3) is 59.1 Å². The topological polar surface area (TPSA) is 424 Å². The van der Waals surface area contributed by atoms with Gasteiger partial charge in [-0.15, -0.1) is 45.3 Å². The van der Waals surface area contributed by atoms with Crippen molar-refractivity contribution >= 4 is 126 Å². The summed E-state index contributed by atoms with van der Waals surface area (Å²) in [6.45, 7) is 28.0. The maximum Gasteiger partial charge on any atom is 0.282 e. The smallest absolute Gasteiger partial charge is 0.282 e. The van der Waals surface area contributed by atoms with E-state index in [4.69, 9.17) is 4.74 Å². The van der Waals surface area contributed by atoms with E-state index < -0.39 is 94.9 Å². The van der Waals surface area contributed by atoms with Crippen LogP contribution in [0, 0.1) is 33.6 Å². The number of nitrogens with one attached hydrogen (secondary N) is 7. The van der Waals surface area contributed by atoms with Gasteiger partial charge in [-0.25, -0.2) is 65.9 Å². The number of rotatable bonds is 26. The number of ether oxygens (including phenoxy) is 1. The summed E-state index contributed by atoms with van der Waals surface area (Å²) in [5.74, 6) is -5.23. The van der Waals surface area contributed by atoms with E-state index in [0.29, 0.717) is 112 Å². The number of nitrogens with zero attached hydrogens (tertiary/aromatic N) is 13. The number of amides is 8. The molecule has 2 bridgehead atoms. The summed E-state index contributed by atoms with van der Waals surface area (Å²) >= 11 is 4.55. The first-order valence-electron chi connectivity index (χ1n) is 48.7. The second-order valence-corrected chi connectivity index (χ2v) is 46.2. The fourth-order valence-corrected chi connectivity index (χ4v) is 24.4. The van der Waals surface area contributed by atoms with Gasteiger partial charge in [-0.05, 0) is 245 Å². The number of halogens is 4. The first kappa shape index (κ1) is 104. The van der Waals surface area contributed by atoms with E-state index in [0.717, 1.165) is 135 Å². The summed E-state index contributed by atoms with van der Waals surface area (Å²) in [6, 6.07) is 7.62. The molecule has 8 aromatic heterocycles. The van der Waals surface area contributed by atoms with Crippen molar-refractivity contribution in [1.29, 1.82) is 0 Å². The summed E-state index contributed by atoms with van der Waals surface area (Å²) < 4.78 is 85.0. The maximum absolute atomic E-state index is 14.0. The van der Waals surface area contributed by atoms with Gasteiger partial charge in [-0.1, -0.05) is 6.92 Å². The van der Waals surface area contributed by atoms with Crippen molar-refractivity contribution in [3.63, 3.8) is 0 Å². The molecule has 8 aromatic rings. The zero-order valence-electron chi connectivity index (χ0n) is 81.8. The molecule has 756 valence electrons. The van der Waals surface area contributed by atoms with Crippen LogP contribution in [0.25, 0.3) is 41.8 Å². The Hall–Kier alpha value is -10.4. The van der Waals surface area contributed by atoms with Gasteiger partial charge >= 0.3 is 0 Å². The quantitative estimate of drug-likeness (QED) is 0.0227. The predicted octanol–water partition coefficient (Wildman–Crippen LogP) is 14.9. The summed E-state index contributed by atoms with van der Waals surface area (Å²) in [7, 11) is -3.20. The molecular formula is C98H128F4N20O13S5. The number of alkyl halides is 4. The molecule has 10 aliphatic rings. The Bertz CT molecular complexity index is 6030. The van der Waals surface area contributed by atoms with Crippen LogP contribution in [-0.4, -0.2) is 284 Å². The highest BCUT2D eigenvalue weighted by Gasteiger charge is 2.50. The number of thiazole rings is 4. The summed E-state index contributed by atoms with van der Waals surface area (Å²) in [5.41, 5.74) is 7.03. The van der Waals surface area contributed by atoms with Crippen LogP contribution in [0.15, 0.2) is 49.1 Å². The van der Waals surface area contributed by atoms with Crippen LogP contribution in [0.1, 0.15) is 288 Å². The molecule has 3 aliphatic carbocycles. The molecule has 8 amide bonds. The molecule has 42 heteroatoms. The van der Waals surface area contributed by atoms with Crippen molar-refractivity contribution in [2.24, 2.45) is 5.92 Å². The predicted molar refractivity (Wildman–Crippen MR) is 533 cm³/mol. The fraction of sp³-hybridized carbons (Fsp3) is 0.592. The van der Waals surface area contributed by atoms with Crippen molar-refractivity contribution in [3.05, 3.63) is 114 Å². The number of pyridine rings is 4. The Morgan fingerprint density at radius 2 is 0.886 bits per heavy atom. The van der Waals surface area contributed by atoms with Gasteiger partial charge in [-0.3, -0.25) is 38.4 Å². The highest BCUT2D eigenvalue weighted by molar-refractivity contribution is 7.91. The van der Waals surface area contributed by atoms with Crippen molar-refractivity contribution in [3.8, 4) is 41.8 Å². The van der Waals surface area contributed by atoms with E-state index in [-0.39, 0.29) is 134 Å².